The van der Waals surface area contributed by atoms with Gasteiger partial charge in [-0.25, -0.2) is 0 Å². The Bertz CT molecular complexity index is 902. The van der Waals surface area contributed by atoms with E-state index in [2.05, 4.69) is 20.2 Å². The molecule has 0 spiro atoms. The molecule has 1 aromatic heterocycles. The highest BCUT2D eigenvalue weighted by Gasteiger charge is 2.39. The molecular formula is C14H12N6O4. The summed E-state index contributed by atoms with van der Waals surface area (Å²) in [4.78, 5) is 11.5. The summed E-state index contributed by atoms with van der Waals surface area (Å²) in [7, 11) is 0. The van der Waals surface area contributed by atoms with Gasteiger partial charge in [-0.15, -0.1) is 15.4 Å². The molecule has 1 aliphatic heterocycles. The van der Waals surface area contributed by atoms with Crippen LogP contribution in [0.25, 0.3) is 0 Å². The van der Waals surface area contributed by atoms with Crippen LogP contribution in [0.2, 0.25) is 0 Å². The van der Waals surface area contributed by atoms with Crippen molar-refractivity contribution in [3.8, 4) is 0 Å². The number of fused-ring (bicyclic) bond motifs is 3. The Balaban J connectivity index is 1.73. The molecule has 0 radical (unpaired) electrons. The lowest BCUT2D eigenvalue weighted by Crippen LogP contribution is -2.34. The summed E-state index contributed by atoms with van der Waals surface area (Å²) < 4.78 is 4.60. The van der Waals surface area contributed by atoms with Crippen molar-refractivity contribution < 1.29 is 19.5 Å². The Morgan fingerprint density at radius 2 is 2.33 bits per heavy atom. The maximum Gasteiger partial charge on any atom is 0.274 e. The third-order valence-electron chi connectivity index (χ3n) is 3.64. The predicted octanol–water partition coefficient (Wildman–Crippen LogP) is 0.537. The summed E-state index contributed by atoms with van der Waals surface area (Å²) in [5.74, 6) is -0.204. The molecule has 0 atom stereocenters. The number of rotatable bonds is 2. The summed E-state index contributed by atoms with van der Waals surface area (Å²) in [5.41, 5.74) is 2.45. The first-order valence-corrected chi connectivity index (χ1v) is 7.09. The minimum absolute atomic E-state index is 0.204. The van der Waals surface area contributed by atoms with Gasteiger partial charge < -0.3 is 10.5 Å². The zero-order valence-corrected chi connectivity index (χ0v) is 12.5. The molecule has 10 nitrogen and oxygen atoms in total. The largest absolute Gasteiger partial charge is 0.359 e. The number of allylic oxidation sites excluding steroid dienone is 2. The van der Waals surface area contributed by atoms with Gasteiger partial charge in [-0.3, -0.25) is 14.6 Å². The second kappa shape index (κ2) is 5.06. The molecule has 10 heteroatoms. The van der Waals surface area contributed by atoms with E-state index in [1.807, 2.05) is 0 Å². The lowest BCUT2D eigenvalue weighted by molar-refractivity contribution is -0.807. The molecule has 0 unspecified atom stereocenters. The lowest BCUT2D eigenvalue weighted by atomic mass is 10.0. The number of anilines is 2. The van der Waals surface area contributed by atoms with Crippen molar-refractivity contribution in [1.29, 1.82) is 0 Å². The van der Waals surface area contributed by atoms with Crippen molar-refractivity contribution in [3.63, 3.8) is 0 Å². The standard InChI is InChI=1S/C14H12N6O4/c1-8(21)15-9-3-2-4-10(7-9)18-16-13-11(19(18)22)5-6-12-14(13)17-24-20(12)23/h2-5,7,22H,6H2,1H3,(H,15,21). The first-order valence-electron chi connectivity index (χ1n) is 7.09. The van der Waals surface area contributed by atoms with Crippen molar-refractivity contribution in [2.45, 2.75) is 13.3 Å². The minimum Gasteiger partial charge on any atom is -0.359 e. The third kappa shape index (κ3) is 2.08. The van der Waals surface area contributed by atoms with E-state index in [1.165, 1.54) is 12.0 Å². The normalized spacial score (nSPS) is 15.6. The van der Waals surface area contributed by atoms with Crippen LogP contribution in [0.3, 0.4) is 0 Å². The van der Waals surface area contributed by atoms with Crippen LogP contribution in [0, 0.1) is 5.21 Å². The second-order valence-electron chi connectivity index (χ2n) is 5.28. The fourth-order valence-electron chi connectivity index (χ4n) is 2.62. The number of nitrogens with zero attached hydrogens (tertiary/aromatic N) is 5. The summed E-state index contributed by atoms with van der Waals surface area (Å²) >= 11 is 0. The highest BCUT2D eigenvalue weighted by Crippen LogP contribution is 2.31. The van der Waals surface area contributed by atoms with Gasteiger partial charge in [-0.05, 0) is 29.2 Å². The fraction of sp³-hybridized carbons (Fsp3) is 0.143. The minimum atomic E-state index is -0.204. The number of hydrogen-bond acceptors (Lipinski definition) is 8. The summed E-state index contributed by atoms with van der Waals surface area (Å²) in [5, 5.41) is 34.7. The molecule has 2 heterocycles. The number of carbonyl (C=O) groups is 1. The summed E-state index contributed by atoms with van der Waals surface area (Å²) in [6, 6.07) is 6.81. The Morgan fingerprint density at radius 1 is 1.50 bits per heavy atom. The van der Waals surface area contributed by atoms with E-state index in [1.54, 1.807) is 30.3 Å². The zero-order chi connectivity index (χ0) is 16.8. The molecule has 0 bridgehead atoms. The van der Waals surface area contributed by atoms with Crippen LogP contribution in [0.15, 0.2) is 45.8 Å². The monoisotopic (exact) mass is 328 g/mol. The number of hydrazine groups is 1. The first-order chi connectivity index (χ1) is 11.5. The fourth-order valence-corrected chi connectivity index (χ4v) is 2.62. The number of benzene rings is 1. The molecule has 2 aromatic rings. The molecule has 122 valence electrons. The van der Waals surface area contributed by atoms with Gasteiger partial charge >= 0.3 is 0 Å². The maximum atomic E-state index is 11.5. The summed E-state index contributed by atoms with van der Waals surface area (Å²) in [6.07, 6.45) is 1.93. The molecule has 1 aromatic carbocycles. The number of amides is 1. The SMILES string of the molecule is CC(=O)Nc1cccc(N2N=C3C(=CCc4c3no[n+]4[O-])N2O)c1. The number of carbonyl (C=O) groups excluding carboxylic acids is 1. The quantitative estimate of drug-likeness (QED) is 0.771. The highest BCUT2D eigenvalue weighted by molar-refractivity contribution is 6.14. The molecule has 0 saturated carbocycles. The smallest absolute Gasteiger partial charge is 0.274 e. The van der Waals surface area contributed by atoms with E-state index < -0.39 is 0 Å². The number of hydrogen-bond donors (Lipinski definition) is 2. The third-order valence-corrected chi connectivity index (χ3v) is 3.64. The van der Waals surface area contributed by atoms with E-state index in [9.17, 15) is 15.2 Å². The highest BCUT2D eigenvalue weighted by atomic mass is 16.8. The molecule has 2 aliphatic rings. The van der Waals surface area contributed by atoms with E-state index >= 15 is 0 Å². The Hall–Kier alpha value is -3.40. The number of hydroxylamine groups is 1. The van der Waals surface area contributed by atoms with Gasteiger partial charge in [0, 0.05) is 24.2 Å². The van der Waals surface area contributed by atoms with Crippen molar-refractivity contribution in [3.05, 3.63) is 52.6 Å². The number of nitrogens with one attached hydrogen (secondary N) is 1. The van der Waals surface area contributed by atoms with E-state index in [-0.39, 0.29) is 12.3 Å². The van der Waals surface area contributed by atoms with Crippen molar-refractivity contribution >= 4 is 23.0 Å². The van der Waals surface area contributed by atoms with Gasteiger partial charge in [0.15, 0.2) is 5.71 Å². The van der Waals surface area contributed by atoms with Gasteiger partial charge in [0.2, 0.25) is 11.6 Å². The predicted molar refractivity (Wildman–Crippen MR) is 80.6 cm³/mol. The zero-order valence-electron chi connectivity index (χ0n) is 12.5. The van der Waals surface area contributed by atoms with E-state index in [0.717, 1.165) is 5.17 Å². The van der Waals surface area contributed by atoms with Gasteiger partial charge in [-0.2, -0.15) is 0 Å². The first kappa shape index (κ1) is 14.2. The van der Waals surface area contributed by atoms with Gasteiger partial charge in [0.05, 0.1) is 5.69 Å². The average molecular weight is 328 g/mol. The van der Waals surface area contributed by atoms with Crippen molar-refractivity contribution in [1.82, 2.24) is 10.3 Å². The molecule has 4 rings (SSSR count). The number of hydrazone groups is 1. The van der Waals surface area contributed by atoms with E-state index in [4.69, 9.17) is 0 Å². The van der Waals surface area contributed by atoms with Crippen molar-refractivity contribution in [2.24, 2.45) is 5.10 Å². The molecule has 24 heavy (non-hydrogen) atoms. The van der Waals surface area contributed by atoms with Crippen LogP contribution in [0.5, 0.6) is 0 Å². The van der Waals surface area contributed by atoms with E-state index in [0.29, 0.717) is 39.1 Å². The van der Waals surface area contributed by atoms with Crippen molar-refractivity contribution in [2.75, 3.05) is 10.4 Å². The molecule has 0 saturated heterocycles. The molecule has 1 aliphatic carbocycles. The summed E-state index contributed by atoms with van der Waals surface area (Å²) in [6.45, 7) is 1.41. The molecule has 2 N–H and O–H groups in total. The number of aromatic nitrogens is 2. The topological polar surface area (TPSA) is 121 Å². The Morgan fingerprint density at radius 3 is 3.12 bits per heavy atom. The average Bonchev–Trinajstić information content (AvgIpc) is 3.08. The molecule has 1 amide bonds. The van der Waals surface area contributed by atoms with Crippen LogP contribution >= 0.6 is 0 Å². The van der Waals surface area contributed by atoms with Crippen LogP contribution in [-0.4, -0.2) is 27.2 Å². The van der Waals surface area contributed by atoms with Gasteiger partial charge in [-0.1, -0.05) is 6.07 Å². The lowest BCUT2D eigenvalue weighted by Gasteiger charge is -2.23. The molecule has 0 fully saturated rings. The van der Waals surface area contributed by atoms with Crippen LogP contribution in [0.1, 0.15) is 18.3 Å². The Labute approximate surface area is 135 Å². The van der Waals surface area contributed by atoms with Crippen LogP contribution in [-0.2, 0) is 11.2 Å². The molecular weight excluding hydrogens is 316 g/mol. The van der Waals surface area contributed by atoms with Crippen LogP contribution < -0.4 is 15.3 Å². The van der Waals surface area contributed by atoms with Gasteiger partial charge in [0.25, 0.3) is 5.69 Å². The van der Waals surface area contributed by atoms with Crippen LogP contribution in [0.4, 0.5) is 11.4 Å². The second-order valence-corrected chi connectivity index (χ2v) is 5.28. The van der Waals surface area contributed by atoms with Gasteiger partial charge in [0.1, 0.15) is 5.70 Å². The maximum absolute atomic E-state index is 11.5. The Kier molecular flexibility index (Phi) is 3.00.